The van der Waals surface area contributed by atoms with Crippen LogP contribution in [0, 0.1) is 5.92 Å². The van der Waals surface area contributed by atoms with E-state index in [0.29, 0.717) is 29.2 Å². The smallest absolute Gasteiger partial charge is 0.255 e. The Labute approximate surface area is 206 Å². The second-order valence-electron chi connectivity index (χ2n) is 9.49. The summed E-state index contributed by atoms with van der Waals surface area (Å²) < 4.78 is 5.39. The first-order valence-electron chi connectivity index (χ1n) is 12.1. The molecule has 2 aromatic carbocycles. The second-order valence-corrected chi connectivity index (χ2v) is 9.49. The fourth-order valence-corrected chi connectivity index (χ4v) is 4.83. The largest absolute Gasteiger partial charge is 0.496 e. The van der Waals surface area contributed by atoms with Crippen LogP contribution < -0.4 is 20.7 Å². The minimum atomic E-state index is -0.591. The number of anilines is 1. The Balaban J connectivity index is 1.63. The summed E-state index contributed by atoms with van der Waals surface area (Å²) >= 11 is 0. The molecule has 1 fully saturated rings. The van der Waals surface area contributed by atoms with Crippen LogP contribution in [0.4, 0.5) is 5.82 Å². The third-order valence-electron chi connectivity index (χ3n) is 6.73. The molecule has 0 spiro atoms. The van der Waals surface area contributed by atoms with Crippen molar-refractivity contribution in [1.29, 1.82) is 0 Å². The molecule has 0 saturated carbocycles. The summed E-state index contributed by atoms with van der Waals surface area (Å²) in [6, 6.07) is 14.0. The van der Waals surface area contributed by atoms with Gasteiger partial charge in [0, 0.05) is 37.6 Å². The number of piperidine rings is 1. The van der Waals surface area contributed by atoms with E-state index in [1.807, 2.05) is 25.1 Å². The molecule has 2 amide bonds. The van der Waals surface area contributed by atoms with Crippen molar-refractivity contribution in [3.8, 4) is 5.75 Å². The van der Waals surface area contributed by atoms with Gasteiger partial charge in [0.25, 0.3) is 11.8 Å². The highest BCUT2D eigenvalue weighted by atomic mass is 16.5. The van der Waals surface area contributed by atoms with Gasteiger partial charge >= 0.3 is 0 Å². The number of primary amides is 1. The summed E-state index contributed by atoms with van der Waals surface area (Å²) in [4.78, 5) is 33.2. The number of carbonyl (C=O) groups excluding carboxylic acids is 2. The summed E-state index contributed by atoms with van der Waals surface area (Å²) in [6.45, 7) is 2.95. The average Bonchev–Trinajstić information content (AvgIpc) is 3.22. The van der Waals surface area contributed by atoms with E-state index in [9.17, 15) is 9.59 Å². The van der Waals surface area contributed by atoms with E-state index in [1.54, 1.807) is 12.1 Å². The summed E-state index contributed by atoms with van der Waals surface area (Å²) in [5.41, 5.74) is 8.51. The molecule has 8 nitrogen and oxygen atoms in total. The third kappa shape index (κ3) is 5.59. The Morgan fingerprint density at radius 2 is 1.89 bits per heavy atom. The van der Waals surface area contributed by atoms with Gasteiger partial charge in [0.05, 0.1) is 23.8 Å². The topological polar surface area (TPSA) is 104 Å². The third-order valence-corrected chi connectivity index (χ3v) is 6.73. The lowest BCUT2D eigenvalue weighted by Crippen LogP contribution is -2.37. The number of hydrogen-bond donors (Lipinski definition) is 3. The number of carbonyl (C=O) groups is 2. The van der Waals surface area contributed by atoms with Crippen LogP contribution in [-0.4, -0.2) is 69.1 Å². The van der Waals surface area contributed by atoms with Gasteiger partial charge < -0.3 is 30.6 Å². The molecule has 4 rings (SSSR count). The van der Waals surface area contributed by atoms with Gasteiger partial charge in [0.2, 0.25) is 0 Å². The maximum Gasteiger partial charge on any atom is 0.255 e. The number of aromatic nitrogens is 1. The van der Waals surface area contributed by atoms with Crippen molar-refractivity contribution in [2.75, 3.05) is 52.3 Å². The Bertz CT molecular complexity index is 1180. The molecule has 35 heavy (non-hydrogen) atoms. The molecule has 1 saturated heterocycles. The molecule has 1 aliphatic heterocycles. The predicted octanol–water partition coefficient (Wildman–Crippen LogP) is 3.03. The van der Waals surface area contributed by atoms with E-state index < -0.39 is 5.91 Å². The first-order valence-corrected chi connectivity index (χ1v) is 12.1. The van der Waals surface area contributed by atoms with Crippen molar-refractivity contribution in [3.63, 3.8) is 0 Å². The van der Waals surface area contributed by atoms with Crippen LogP contribution in [0.1, 0.15) is 39.1 Å². The van der Waals surface area contributed by atoms with Crippen LogP contribution in [0.25, 0.3) is 10.9 Å². The SMILES string of the molecule is COc1cc2[nH]c(N3CCC(Cc4ccccc4)CC3)c(C(=O)NCCN(C)C)c2cc1C(N)=O. The molecule has 4 N–H and O–H groups in total. The number of benzene rings is 2. The first kappa shape index (κ1) is 24.6. The number of fused-ring (bicyclic) bond motifs is 1. The van der Waals surface area contributed by atoms with Crippen molar-refractivity contribution < 1.29 is 14.3 Å². The molecule has 8 heteroatoms. The van der Waals surface area contributed by atoms with Crippen molar-refractivity contribution in [2.45, 2.75) is 19.3 Å². The minimum absolute atomic E-state index is 0.167. The van der Waals surface area contributed by atoms with Crippen LogP contribution in [-0.2, 0) is 6.42 Å². The molecule has 0 atom stereocenters. The molecule has 0 bridgehead atoms. The van der Waals surface area contributed by atoms with Gasteiger partial charge in [-0.2, -0.15) is 0 Å². The molecule has 186 valence electrons. The summed E-state index contributed by atoms with van der Waals surface area (Å²) in [5.74, 6) is 1.02. The highest BCUT2D eigenvalue weighted by Crippen LogP contribution is 2.35. The van der Waals surface area contributed by atoms with Crippen LogP contribution in [0.5, 0.6) is 5.75 Å². The van der Waals surface area contributed by atoms with Gasteiger partial charge in [-0.15, -0.1) is 0 Å². The maximum atomic E-state index is 13.4. The van der Waals surface area contributed by atoms with E-state index in [4.69, 9.17) is 10.5 Å². The number of nitrogens with two attached hydrogens (primary N) is 1. The quantitative estimate of drug-likeness (QED) is 0.440. The Morgan fingerprint density at radius 1 is 1.17 bits per heavy atom. The second kappa shape index (κ2) is 10.8. The Morgan fingerprint density at radius 3 is 2.51 bits per heavy atom. The van der Waals surface area contributed by atoms with Crippen LogP contribution in [0.3, 0.4) is 0 Å². The molecule has 0 radical (unpaired) electrons. The molecular weight excluding hydrogens is 442 g/mol. The lowest BCUT2D eigenvalue weighted by atomic mass is 9.90. The van der Waals surface area contributed by atoms with Gasteiger partial charge in [-0.3, -0.25) is 9.59 Å². The zero-order chi connectivity index (χ0) is 24.9. The van der Waals surface area contributed by atoms with Gasteiger partial charge in [0.1, 0.15) is 11.6 Å². The number of nitrogens with zero attached hydrogens (tertiary/aromatic N) is 2. The fourth-order valence-electron chi connectivity index (χ4n) is 4.83. The van der Waals surface area contributed by atoms with Gasteiger partial charge in [-0.1, -0.05) is 30.3 Å². The monoisotopic (exact) mass is 477 g/mol. The fraction of sp³-hybridized carbons (Fsp3) is 0.407. The number of ether oxygens (including phenoxy) is 1. The van der Waals surface area contributed by atoms with Crippen LogP contribution in [0.15, 0.2) is 42.5 Å². The zero-order valence-electron chi connectivity index (χ0n) is 20.8. The number of methoxy groups -OCH3 is 1. The number of H-pyrrole nitrogens is 1. The van der Waals surface area contributed by atoms with Crippen molar-refractivity contribution in [1.82, 2.24) is 15.2 Å². The lowest BCUT2D eigenvalue weighted by molar-refractivity contribution is 0.0951. The number of aromatic amines is 1. The van der Waals surface area contributed by atoms with Crippen LogP contribution in [0.2, 0.25) is 0 Å². The van der Waals surface area contributed by atoms with E-state index in [1.165, 1.54) is 12.7 Å². The molecule has 0 aliphatic carbocycles. The highest BCUT2D eigenvalue weighted by molar-refractivity contribution is 6.14. The maximum absolute atomic E-state index is 13.4. The highest BCUT2D eigenvalue weighted by Gasteiger charge is 2.28. The molecular formula is C27H35N5O3. The van der Waals surface area contributed by atoms with E-state index in [2.05, 4.69) is 39.5 Å². The van der Waals surface area contributed by atoms with E-state index in [0.717, 1.165) is 50.2 Å². The number of hydrogen-bond acceptors (Lipinski definition) is 5. The van der Waals surface area contributed by atoms with Crippen LogP contribution >= 0.6 is 0 Å². The van der Waals surface area contributed by atoms with E-state index in [-0.39, 0.29) is 11.5 Å². The Kier molecular flexibility index (Phi) is 7.60. The summed E-state index contributed by atoms with van der Waals surface area (Å²) in [7, 11) is 5.44. The summed E-state index contributed by atoms with van der Waals surface area (Å²) in [6.07, 6.45) is 3.15. The molecule has 2 heterocycles. The minimum Gasteiger partial charge on any atom is -0.496 e. The predicted molar refractivity (Wildman–Crippen MR) is 139 cm³/mol. The molecule has 0 unspecified atom stereocenters. The number of rotatable bonds is 9. The van der Waals surface area contributed by atoms with Crippen molar-refractivity contribution in [2.24, 2.45) is 11.7 Å². The number of likely N-dealkylation sites (N-methyl/N-ethyl adjacent to an activating group) is 1. The van der Waals surface area contributed by atoms with Gasteiger partial charge in [-0.05, 0) is 50.9 Å². The zero-order valence-corrected chi connectivity index (χ0v) is 20.8. The first-order chi connectivity index (χ1) is 16.9. The summed E-state index contributed by atoms with van der Waals surface area (Å²) in [5, 5.41) is 3.70. The molecule has 3 aromatic rings. The van der Waals surface area contributed by atoms with Gasteiger partial charge in [0.15, 0.2) is 0 Å². The number of amides is 2. The standard InChI is InChI=1S/C27H35N5O3/c1-31(2)14-11-29-27(34)24-20-16-21(25(28)33)23(35-3)17-22(20)30-26(24)32-12-9-19(10-13-32)15-18-7-5-4-6-8-18/h4-8,16-17,19,30H,9-15H2,1-3H3,(H2,28,33)(H,29,34). The van der Waals surface area contributed by atoms with Gasteiger partial charge in [-0.25, -0.2) is 0 Å². The Hall–Kier alpha value is -3.52. The molecule has 1 aliphatic rings. The normalized spacial score (nSPS) is 14.5. The lowest BCUT2D eigenvalue weighted by Gasteiger charge is -2.33. The average molecular weight is 478 g/mol. The van der Waals surface area contributed by atoms with Crippen molar-refractivity contribution >= 4 is 28.5 Å². The van der Waals surface area contributed by atoms with Crippen molar-refractivity contribution in [3.05, 3.63) is 59.2 Å². The number of nitrogens with one attached hydrogen (secondary N) is 2. The molecule has 1 aromatic heterocycles. The van der Waals surface area contributed by atoms with E-state index >= 15 is 0 Å².